The second kappa shape index (κ2) is 8.88. The van der Waals surface area contributed by atoms with Crippen LogP contribution in [-0.4, -0.2) is 37.4 Å². The number of aldehydes is 1. The van der Waals surface area contributed by atoms with Crippen LogP contribution in [0.2, 0.25) is 0 Å². The molecule has 3 aromatic carbocycles. The van der Waals surface area contributed by atoms with Crippen LogP contribution in [0.3, 0.4) is 0 Å². The minimum Gasteiger partial charge on any atom is -0.355 e. The van der Waals surface area contributed by atoms with Crippen LogP contribution in [0.1, 0.15) is 27.5 Å². The molecule has 1 N–H and O–H groups in total. The van der Waals surface area contributed by atoms with Crippen LogP contribution in [-0.2, 0) is 0 Å². The summed E-state index contributed by atoms with van der Waals surface area (Å²) in [4.78, 5) is 25.6. The lowest BCUT2D eigenvalue weighted by molar-refractivity contribution is -0.926. The van der Waals surface area contributed by atoms with E-state index in [0.717, 1.165) is 13.1 Å². The van der Waals surface area contributed by atoms with Gasteiger partial charge in [-0.15, -0.1) is 0 Å². The largest absolute Gasteiger partial charge is 0.355 e. The van der Waals surface area contributed by atoms with Crippen LogP contribution in [0.15, 0.2) is 78.9 Å². The van der Waals surface area contributed by atoms with E-state index in [1.807, 2.05) is 12.1 Å². The summed E-state index contributed by atoms with van der Waals surface area (Å²) in [6.45, 7) is 3.15. The number of nitrogens with one attached hydrogen (secondary N) is 1. The Morgan fingerprint density at radius 3 is 1.97 bits per heavy atom. The van der Waals surface area contributed by atoms with Gasteiger partial charge < -0.3 is 9.80 Å². The van der Waals surface area contributed by atoms with Crippen LogP contribution in [0.4, 0.5) is 11.4 Å². The smallest absolute Gasteiger partial charge is 0.293 e. The van der Waals surface area contributed by atoms with Gasteiger partial charge in [0.05, 0.1) is 31.1 Å². The molecule has 0 bridgehead atoms. The van der Waals surface area contributed by atoms with Crippen molar-refractivity contribution in [3.05, 3.63) is 106 Å². The van der Waals surface area contributed by atoms with Crippen LogP contribution in [0.5, 0.6) is 0 Å². The molecule has 6 heteroatoms. The number of hydrogen-bond donors (Lipinski definition) is 1. The van der Waals surface area contributed by atoms with Crippen LogP contribution in [0.25, 0.3) is 0 Å². The van der Waals surface area contributed by atoms with Crippen LogP contribution in [0, 0.1) is 10.1 Å². The van der Waals surface area contributed by atoms with Crippen molar-refractivity contribution >= 4 is 17.7 Å². The molecule has 0 atom stereocenters. The number of nitro groups is 1. The number of carbonyl (C=O) groups is 1. The lowest BCUT2D eigenvalue weighted by atomic mass is 9.96. The van der Waals surface area contributed by atoms with Crippen molar-refractivity contribution in [2.75, 3.05) is 31.1 Å². The van der Waals surface area contributed by atoms with E-state index in [-0.39, 0.29) is 11.7 Å². The third-order valence-corrected chi connectivity index (χ3v) is 5.75. The van der Waals surface area contributed by atoms with Gasteiger partial charge in [0.25, 0.3) is 5.69 Å². The van der Waals surface area contributed by atoms with E-state index in [2.05, 4.69) is 53.4 Å². The number of carbonyl (C=O) groups excluding carboxylic acids is 1. The third kappa shape index (κ3) is 4.09. The number of quaternary nitrogens is 1. The number of nitro benzene ring substituents is 1. The van der Waals surface area contributed by atoms with Crippen molar-refractivity contribution in [3.8, 4) is 0 Å². The van der Waals surface area contributed by atoms with E-state index >= 15 is 0 Å². The standard InChI is InChI=1S/C24H23N3O3/c28-18-19-11-12-22(23(17-19)27(29)30)25-13-15-26(16-14-25)24(20-7-3-1-4-8-20)21-9-5-2-6-10-21/h1-12,17-18,24H,13-16H2/p+1. The van der Waals surface area contributed by atoms with Gasteiger partial charge in [0.2, 0.25) is 0 Å². The fourth-order valence-corrected chi connectivity index (χ4v) is 4.31. The summed E-state index contributed by atoms with van der Waals surface area (Å²) < 4.78 is 0. The number of rotatable bonds is 6. The number of anilines is 1. The van der Waals surface area contributed by atoms with Gasteiger partial charge in [-0.3, -0.25) is 14.9 Å². The van der Waals surface area contributed by atoms with Crippen molar-refractivity contribution in [2.45, 2.75) is 6.04 Å². The molecule has 1 heterocycles. The monoisotopic (exact) mass is 402 g/mol. The van der Waals surface area contributed by atoms with Crippen molar-refractivity contribution in [1.82, 2.24) is 0 Å². The second-order valence-electron chi connectivity index (χ2n) is 7.52. The summed E-state index contributed by atoms with van der Waals surface area (Å²) in [7, 11) is 0. The Kier molecular flexibility index (Phi) is 5.86. The predicted octanol–water partition coefficient (Wildman–Crippen LogP) is 2.90. The van der Waals surface area contributed by atoms with Gasteiger partial charge in [-0.1, -0.05) is 60.7 Å². The molecular formula is C24H24N3O3+. The maximum Gasteiger partial charge on any atom is 0.293 e. The molecule has 6 nitrogen and oxygen atoms in total. The van der Waals surface area contributed by atoms with E-state index in [4.69, 9.17) is 0 Å². The first kappa shape index (κ1) is 19.8. The first-order chi connectivity index (χ1) is 14.7. The molecule has 0 saturated carbocycles. The number of piperazine rings is 1. The van der Waals surface area contributed by atoms with Gasteiger partial charge in [0.15, 0.2) is 0 Å². The minimum absolute atomic E-state index is 0.00859. The van der Waals surface area contributed by atoms with Gasteiger partial charge in [-0.25, -0.2) is 0 Å². The van der Waals surface area contributed by atoms with E-state index < -0.39 is 4.92 Å². The fourth-order valence-electron chi connectivity index (χ4n) is 4.31. The summed E-state index contributed by atoms with van der Waals surface area (Å²) in [6.07, 6.45) is 0.642. The lowest BCUT2D eigenvalue weighted by Gasteiger charge is -2.37. The number of nitrogens with zero attached hydrogens (tertiary/aromatic N) is 2. The Hall–Kier alpha value is -3.51. The molecule has 0 unspecified atom stereocenters. The predicted molar refractivity (Wildman–Crippen MR) is 116 cm³/mol. The summed E-state index contributed by atoms with van der Waals surface area (Å²) in [5, 5.41) is 11.5. The molecule has 4 rings (SSSR count). The highest BCUT2D eigenvalue weighted by Crippen LogP contribution is 2.29. The SMILES string of the molecule is O=Cc1ccc(N2CC[NH+](C(c3ccccc3)c3ccccc3)CC2)c([N+](=O)[O-])c1. The molecule has 0 aromatic heterocycles. The Morgan fingerprint density at radius 1 is 0.900 bits per heavy atom. The van der Waals surface area contributed by atoms with Crippen molar-refractivity contribution in [3.63, 3.8) is 0 Å². The molecule has 30 heavy (non-hydrogen) atoms. The highest BCUT2D eigenvalue weighted by molar-refractivity contribution is 5.79. The minimum atomic E-state index is -0.404. The lowest BCUT2D eigenvalue weighted by Crippen LogP contribution is -3.15. The Labute approximate surface area is 175 Å². The Balaban J connectivity index is 1.57. The van der Waals surface area contributed by atoms with E-state index in [1.165, 1.54) is 22.1 Å². The Bertz CT molecular complexity index is 977. The van der Waals surface area contributed by atoms with Gasteiger partial charge in [-0.2, -0.15) is 0 Å². The fraction of sp³-hybridized carbons (Fsp3) is 0.208. The molecule has 0 aliphatic carbocycles. The maximum absolute atomic E-state index is 11.5. The zero-order valence-electron chi connectivity index (χ0n) is 16.6. The first-order valence-corrected chi connectivity index (χ1v) is 10.1. The van der Waals surface area contributed by atoms with Gasteiger partial charge in [0.1, 0.15) is 18.0 Å². The molecule has 1 aliphatic heterocycles. The molecule has 0 spiro atoms. The van der Waals surface area contributed by atoms with E-state index in [9.17, 15) is 14.9 Å². The number of benzene rings is 3. The summed E-state index contributed by atoms with van der Waals surface area (Å²) in [5.41, 5.74) is 3.44. The number of hydrogen-bond acceptors (Lipinski definition) is 4. The third-order valence-electron chi connectivity index (χ3n) is 5.75. The molecule has 0 radical (unpaired) electrons. The van der Waals surface area contributed by atoms with Gasteiger partial charge >= 0.3 is 0 Å². The summed E-state index contributed by atoms with van der Waals surface area (Å²) in [6, 6.07) is 25.9. The molecule has 3 aromatic rings. The molecule has 0 amide bonds. The normalized spacial score (nSPS) is 14.6. The molecule has 152 valence electrons. The highest BCUT2D eigenvalue weighted by Gasteiger charge is 2.31. The average Bonchev–Trinajstić information content (AvgIpc) is 2.81. The molecule has 1 fully saturated rings. The zero-order chi connectivity index (χ0) is 20.9. The second-order valence-corrected chi connectivity index (χ2v) is 7.52. The van der Waals surface area contributed by atoms with Crippen molar-refractivity contribution < 1.29 is 14.6 Å². The van der Waals surface area contributed by atoms with E-state index in [0.29, 0.717) is 30.6 Å². The highest BCUT2D eigenvalue weighted by atomic mass is 16.6. The summed E-state index contributed by atoms with van der Waals surface area (Å²) in [5.74, 6) is 0. The summed E-state index contributed by atoms with van der Waals surface area (Å²) >= 11 is 0. The molecule has 1 saturated heterocycles. The molecular weight excluding hydrogens is 378 g/mol. The van der Waals surface area contributed by atoms with Crippen LogP contribution < -0.4 is 9.80 Å². The van der Waals surface area contributed by atoms with Crippen molar-refractivity contribution in [2.24, 2.45) is 0 Å². The molecule has 1 aliphatic rings. The quantitative estimate of drug-likeness (QED) is 0.391. The average molecular weight is 402 g/mol. The van der Waals surface area contributed by atoms with Crippen LogP contribution >= 0.6 is 0 Å². The van der Waals surface area contributed by atoms with Crippen molar-refractivity contribution in [1.29, 1.82) is 0 Å². The van der Waals surface area contributed by atoms with Gasteiger partial charge in [-0.05, 0) is 12.1 Å². The topological polar surface area (TPSA) is 67.9 Å². The van der Waals surface area contributed by atoms with E-state index in [1.54, 1.807) is 12.1 Å². The Morgan fingerprint density at radius 2 is 1.47 bits per heavy atom. The zero-order valence-corrected chi connectivity index (χ0v) is 16.6. The maximum atomic E-state index is 11.5. The first-order valence-electron chi connectivity index (χ1n) is 10.1. The van der Waals surface area contributed by atoms with Gasteiger partial charge in [0, 0.05) is 22.8 Å².